The van der Waals surface area contributed by atoms with Gasteiger partial charge in [-0.1, -0.05) is 54.9 Å². The second-order valence-electron chi connectivity index (χ2n) is 9.52. The lowest BCUT2D eigenvalue weighted by Gasteiger charge is -2.47. The first-order valence-corrected chi connectivity index (χ1v) is 12.6. The highest BCUT2D eigenvalue weighted by Gasteiger charge is 2.59. The van der Waals surface area contributed by atoms with Gasteiger partial charge in [0.15, 0.2) is 0 Å². The van der Waals surface area contributed by atoms with Crippen LogP contribution < -0.4 is 11.2 Å². The summed E-state index contributed by atoms with van der Waals surface area (Å²) >= 11 is 13.1. The molecule has 1 aliphatic carbocycles. The number of nitrogens with two attached hydrogens (primary N) is 1. The summed E-state index contributed by atoms with van der Waals surface area (Å²) in [6, 6.07) is 13.6. The Labute approximate surface area is 216 Å². The molecule has 1 amide bonds. The van der Waals surface area contributed by atoms with Crippen molar-refractivity contribution in [1.29, 1.82) is 0 Å². The number of amides is 1. The van der Waals surface area contributed by atoms with Gasteiger partial charge in [-0.2, -0.15) is 5.90 Å². The van der Waals surface area contributed by atoms with Gasteiger partial charge < -0.3 is 15.3 Å². The number of fused-ring (bicyclic) bond motifs is 1. The lowest BCUT2D eigenvalue weighted by Crippen LogP contribution is -2.43. The molecule has 2 aromatic carbocycles. The standard InChI is InChI=1S/C27H31Cl2N3O3/c1-4-27-12-11-21(20-10-7-18(13-22(20)29)25(35-30)31-15(2)14-33)23(17-5-8-19(28)9-6-17)24(27)16(3)32-26(27)34/h5-10,13,16,21,23-24,33H,2,4,11-12,14,30H2,1,3H3,(H,32,34)/b31-25-/t16-,21+,23+,24+,27-/m1/s1. The highest BCUT2D eigenvalue weighted by Crippen LogP contribution is 2.60. The molecular weight excluding hydrogens is 485 g/mol. The lowest BCUT2D eigenvalue weighted by molar-refractivity contribution is -0.131. The molecule has 0 aromatic heterocycles. The fraction of sp³-hybridized carbons (Fsp3) is 0.407. The summed E-state index contributed by atoms with van der Waals surface area (Å²) in [5, 5.41) is 13.7. The Morgan fingerprint density at radius 1 is 1.29 bits per heavy atom. The van der Waals surface area contributed by atoms with E-state index in [1.807, 2.05) is 24.3 Å². The number of nitrogens with zero attached hydrogens (tertiary/aromatic N) is 1. The van der Waals surface area contributed by atoms with Crippen LogP contribution in [-0.2, 0) is 9.63 Å². The molecule has 0 spiro atoms. The Bertz CT molecular complexity index is 1150. The van der Waals surface area contributed by atoms with E-state index in [-0.39, 0.29) is 47.9 Å². The zero-order valence-electron chi connectivity index (χ0n) is 19.9. The molecule has 2 aromatic rings. The van der Waals surface area contributed by atoms with E-state index in [4.69, 9.17) is 33.9 Å². The van der Waals surface area contributed by atoms with Crippen molar-refractivity contribution in [3.05, 3.63) is 81.5 Å². The number of nitrogens with one attached hydrogen (secondary N) is 1. The number of halogens is 2. The number of aliphatic imine (C=N–C) groups is 1. The van der Waals surface area contributed by atoms with Gasteiger partial charge in [-0.05, 0) is 73.4 Å². The number of benzene rings is 2. The van der Waals surface area contributed by atoms with Crippen molar-refractivity contribution >= 4 is 35.0 Å². The maximum absolute atomic E-state index is 13.2. The van der Waals surface area contributed by atoms with Crippen LogP contribution in [0.25, 0.3) is 0 Å². The van der Waals surface area contributed by atoms with Crippen LogP contribution in [-0.4, -0.2) is 29.6 Å². The van der Waals surface area contributed by atoms with Gasteiger partial charge in [-0.25, -0.2) is 4.99 Å². The molecule has 1 saturated heterocycles. The summed E-state index contributed by atoms with van der Waals surface area (Å²) in [4.78, 5) is 22.2. The van der Waals surface area contributed by atoms with E-state index < -0.39 is 5.41 Å². The number of aliphatic hydroxyl groups excluding tert-OH is 1. The molecule has 5 atom stereocenters. The minimum Gasteiger partial charge on any atom is -0.391 e. The molecule has 0 bridgehead atoms. The highest BCUT2D eigenvalue weighted by molar-refractivity contribution is 6.32. The van der Waals surface area contributed by atoms with Crippen LogP contribution in [0.5, 0.6) is 0 Å². The Morgan fingerprint density at radius 3 is 2.60 bits per heavy atom. The van der Waals surface area contributed by atoms with Crippen molar-refractivity contribution in [2.45, 2.75) is 51.0 Å². The maximum atomic E-state index is 13.2. The Hall–Kier alpha value is -2.38. The van der Waals surface area contributed by atoms with Crippen molar-refractivity contribution in [2.24, 2.45) is 22.2 Å². The summed E-state index contributed by atoms with van der Waals surface area (Å²) < 4.78 is 0. The van der Waals surface area contributed by atoms with Crippen molar-refractivity contribution in [1.82, 2.24) is 5.32 Å². The van der Waals surface area contributed by atoms with Gasteiger partial charge in [-0.3, -0.25) is 4.79 Å². The third kappa shape index (κ3) is 4.60. The van der Waals surface area contributed by atoms with Gasteiger partial charge in [0, 0.05) is 27.6 Å². The average Bonchev–Trinajstić information content (AvgIpc) is 3.12. The fourth-order valence-corrected chi connectivity index (χ4v) is 6.64. The Morgan fingerprint density at radius 2 is 2.00 bits per heavy atom. The molecule has 1 aliphatic heterocycles. The molecule has 6 nitrogen and oxygen atoms in total. The Kier molecular flexibility index (Phi) is 7.57. The third-order valence-corrected chi connectivity index (χ3v) is 8.38. The third-order valence-electron chi connectivity index (χ3n) is 7.80. The van der Waals surface area contributed by atoms with Crippen molar-refractivity contribution in [3.8, 4) is 0 Å². The van der Waals surface area contributed by atoms with Crippen LogP contribution in [0.4, 0.5) is 0 Å². The van der Waals surface area contributed by atoms with Gasteiger partial charge in [0.1, 0.15) is 0 Å². The van der Waals surface area contributed by atoms with Gasteiger partial charge in [0.25, 0.3) is 0 Å². The first-order chi connectivity index (χ1) is 16.7. The van der Waals surface area contributed by atoms with Gasteiger partial charge in [0.05, 0.1) is 17.7 Å². The molecule has 1 heterocycles. The first kappa shape index (κ1) is 25.7. The molecule has 2 fully saturated rings. The van der Waals surface area contributed by atoms with Gasteiger partial charge in [0.2, 0.25) is 11.8 Å². The minimum atomic E-state index is -0.398. The van der Waals surface area contributed by atoms with E-state index >= 15 is 0 Å². The van der Waals surface area contributed by atoms with E-state index in [1.54, 1.807) is 6.07 Å². The van der Waals surface area contributed by atoms with E-state index in [0.29, 0.717) is 15.6 Å². The number of rotatable bonds is 6. The summed E-state index contributed by atoms with van der Waals surface area (Å²) in [7, 11) is 0. The van der Waals surface area contributed by atoms with Crippen molar-refractivity contribution in [3.63, 3.8) is 0 Å². The van der Waals surface area contributed by atoms with Crippen LogP contribution in [0, 0.1) is 11.3 Å². The summed E-state index contributed by atoms with van der Waals surface area (Å²) in [5.41, 5.74) is 2.57. The SMILES string of the molecule is C=C(CO)/N=C(\ON)c1ccc([C@@H]2CC[C@@]3(CC)C(=O)N[C@H](C)[C@H]3[C@H]2c2ccc(Cl)cc2)c(Cl)c1. The van der Waals surface area contributed by atoms with Gasteiger partial charge in [-0.15, -0.1) is 0 Å². The molecule has 1 saturated carbocycles. The van der Waals surface area contributed by atoms with Crippen LogP contribution in [0.15, 0.2) is 59.7 Å². The quantitative estimate of drug-likeness (QED) is 0.275. The van der Waals surface area contributed by atoms with E-state index in [0.717, 1.165) is 30.4 Å². The Balaban J connectivity index is 1.80. The topological polar surface area (TPSA) is 96.9 Å². The zero-order chi connectivity index (χ0) is 25.3. The number of hydrogen-bond acceptors (Lipinski definition) is 5. The monoisotopic (exact) mass is 515 g/mol. The van der Waals surface area contributed by atoms with Crippen LogP contribution in [0.2, 0.25) is 10.0 Å². The van der Waals surface area contributed by atoms with E-state index in [2.05, 4.69) is 42.9 Å². The van der Waals surface area contributed by atoms with Crippen molar-refractivity contribution < 1.29 is 14.7 Å². The first-order valence-electron chi connectivity index (χ1n) is 11.9. The van der Waals surface area contributed by atoms with Gasteiger partial charge >= 0.3 is 0 Å². The predicted octanol–water partition coefficient (Wildman–Crippen LogP) is 5.33. The summed E-state index contributed by atoms with van der Waals surface area (Å²) in [6.07, 6.45) is 2.42. The molecule has 8 heteroatoms. The summed E-state index contributed by atoms with van der Waals surface area (Å²) in [6.45, 7) is 7.56. The second kappa shape index (κ2) is 10.3. The molecule has 4 rings (SSSR count). The fourth-order valence-electron chi connectivity index (χ4n) is 6.19. The molecule has 35 heavy (non-hydrogen) atoms. The van der Waals surface area contributed by atoms with Crippen LogP contribution >= 0.6 is 23.2 Å². The summed E-state index contributed by atoms with van der Waals surface area (Å²) in [5.74, 6) is 5.99. The zero-order valence-corrected chi connectivity index (χ0v) is 21.4. The maximum Gasteiger partial charge on any atom is 0.245 e. The lowest BCUT2D eigenvalue weighted by atomic mass is 9.54. The second-order valence-corrected chi connectivity index (χ2v) is 10.4. The smallest absolute Gasteiger partial charge is 0.245 e. The number of hydrogen-bond donors (Lipinski definition) is 3. The van der Waals surface area contributed by atoms with Crippen LogP contribution in [0.1, 0.15) is 61.6 Å². The number of carbonyl (C=O) groups excluding carboxylic acids is 1. The minimum absolute atomic E-state index is 0.0397. The molecule has 186 valence electrons. The van der Waals surface area contributed by atoms with E-state index in [1.165, 1.54) is 0 Å². The van der Waals surface area contributed by atoms with Crippen molar-refractivity contribution in [2.75, 3.05) is 6.61 Å². The molecule has 0 radical (unpaired) electrons. The molecule has 0 unspecified atom stereocenters. The molecular formula is C27H31Cl2N3O3. The number of aliphatic hydroxyl groups is 1. The normalized spacial score (nSPS) is 28.4. The largest absolute Gasteiger partial charge is 0.391 e. The molecule has 4 N–H and O–H groups in total. The van der Waals surface area contributed by atoms with Crippen LogP contribution in [0.3, 0.4) is 0 Å². The molecule has 2 aliphatic rings. The number of carbonyl (C=O) groups is 1. The van der Waals surface area contributed by atoms with E-state index in [9.17, 15) is 9.90 Å². The predicted molar refractivity (Wildman–Crippen MR) is 139 cm³/mol. The average molecular weight is 516 g/mol. The highest BCUT2D eigenvalue weighted by atomic mass is 35.5.